The monoisotopic (exact) mass is 457 g/mol. The van der Waals surface area contributed by atoms with Gasteiger partial charge in [0.25, 0.3) is 0 Å². The Morgan fingerprint density at radius 1 is 1.12 bits per heavy atom. The van der Waals surface area contributed by atoms with Gasteiger partial charge in [0.15, 0.2) is 0 Å². The molecule has 1 atom stereocenters. The average Bonchev–Trinajstić information content (AvgIpc) is 2.79. The first-order valence-electron chi connectivity index (χ1n) is 10.7. The lowest BCUT2D eigenvalue weighted by molar-refractivity contribution is -0.134. The fraction of sp³-hybridized carbons (Fsp3) is 0.375. The van der Waals surface area contributed by atoms with E-state index >= 15 is 0 Å². The topological polar surface area (TPSA) is 78.9 Å². The van der Waals surface area contributed by atoms with Gasteiger partial charge in [-0.3, -0.25) is 9.69 Å². The number of piperazine rings is 1. The van der Waals surface area contributed by atoms with Gasteiger partial charge in [-0.05, 0) is 37.1 Å². The van der Waals surface area contributed by atoms with Crippen molar-refractivity contribution in [2.24, 2.45) is 0 Å². The van der Waals surface area contributed by atoms with Crippen molar-refractivity contribution >= 4 is 22.0 Å². The van der Waals surface area contributed by atoms with Crippen molar-refractivity contribution in [3.8, 4) is 5.75 Å². The summed E-state index contributed by atoms with van der Waals surface area (Å²) in [6.07, 6.45) is 4.22. The van der Waals surface area contributed by atoms with Gasteiger partial charge in [-0.15, -0.1) is 0 Å². The van der Waals surface area contributed by atoms with E-state index in [-0.39, 0.29) is 16.6 Å². The molecule has 1 aliphatic heterocycles. The predicted octanol–water partition coefficient (Wildman–Crippen LogP) is 2.53. The SMILES string of the molecule is COc1ccc(C)cc1S(=O)(=O)N[C@H](C)C(=O)N1CCN(C/C=C/c2ccccc2)CC1. The number of nitrogens with one attached hydrogen (secondary N) is 1. The molecule has 0 spiro atoms. The standard InChI is InChI=1S/C24H31N3O4S/c1-19-11-12-22(31-3)23(18-19)32(29,30)25-20(2)24(28)27-16-14-26(15-17-27)13-7-10-21-8-5-4-6-9-21/h4-12,18,20,25H,13-17H2,1-3H3/b10-7+/t20-/m1/s1. The third-order valence-corrected chi connectivity index (χ3v) is 7.03. The lowest BCUT2D eigenvalue weighted by Crippen LogP contribution is -2.54. The molecule has 0 radical (unpaired) electrons. The molecule has 3 rings (SSSR count). The maximum atomic E-state index is 12.9. The Balaban J connectivity index is 1.53. The van der Waals surface area contributed by atoms with Gasteiger partial charge >= 0.3 is 0 Å². The van der Waals surface area contributed by atoms with Gasteiger partial charge in [0, 0.05) is 32.7 Å². The van der Waals surface area contributed by atoms with E-state index in [1.54, 1.807) is 30.0 Å². The van der Waals surface area contributed by atoms with Gasteiger partial charge in [-0.1, -0.05) is 48.6 Å². The highest BCUT2D eigenvalue weighted by atomic mass is 32.2. The van der Waals surface area contributed by atoms with Crippen LogP contribution in [-0.4, -0.2) is 70.0 Å². The number of benzene rings is 2. The van der Waals surface area contributed by atoms with Gasteiger partial charge < -0.3 is 9.64 Å². The summed E-state index contributed by atoms with van der Waals surface area (Å²) in [5.41, 5.74) is 1.95. The zero-order chi connectivity index (χ0) is 23.1. The molecule has 2 aromatic rings. The van der Waals surface area contributed by atoms with Crippen LogP contribution in [0.15, 0.2) is 59.5 Å². The minimum absolute atomic E-state index is 0.0367. The van der Waals surface area contributed by atoms with E-state index < -0.39 is 16.1 Å². The second kappa shape index (κ2) is 10.8. The van der Waals surface area contributed by atoms with Crippen molar-refractivity contribution < 1.29 is 17.9 Å². The first-order chi connectivity index (χ1) is 15.3. The highest BCUT2D eigenvalue weighted by Gasteiger charge is 2.29. The molecule has 2 aromatic carbocycles. The minimum Gasteiger partial charge on any atom is -0.495 e. The molecule has 0 unspecified atom stereocenters. The maximum Gasteiger partial charge on any atom is 0.244 e. The predicted molar refractivity (Wildman–Crippen MR) is 126 cm³/mol. The van der Waals surface area contributed by atoms with Crippen LogP contribution in [0.2, 0.25) is 0 Å². The number of ether oxygens (including phenoxy) is 1. The number of hydrogen-bond donors (Lipinski definition) is 1. The van der Waals surface area contributed by atoms with Crippen molar-refractivity contribution in [1.29, 1.82) is 0 Å². The van der Waals surface area contributed by atoms with Crippen LogP contribution in [-0.2, 0) is 14.8 Å². The highest BCUT2D eigenvalue weighted by molar-refractivity contribution is 7.89. The Kier molecular flexibility index (Phi) is 8.06. The number of methoxy groups -OCH3 is 1. The molecule has 1 N–H and O–H groups in total. The molecule has 0 aliphatic carbocycles. The Morgan fingerprint density at radius 2 is 1.81 bits per heavy atom. The van der Waals surface area contributed by atoms with Crippen molar-refractivity contribution in [3.63, 3.8) is 0 Å². The first-order valence-corrected chi connectivity index (χ1v) is 12.2. The van der Waals surface area contributed by atoms with Gasteiger partial charge in [0.05, 0.1) is 13.2 Å². The largest absolute Gasteiger partial charge is 0.495 e. The van der Waals surface area contributed by atoms with Crippen LogP contribution in [0, 0.1) is 6.92 Å². The van der Waals surface area contributed by atoms with Gasteiger partial charge in [0.2, 0.25) is 15.9 Å². The molecule has 1 aliphatic rings. The molecule has 0 saturated carbocycles. The lowest BCUT2D eigenvalue weighted by atomic mass is 10.2. The van der Waals surface area contributed by atoms with Crippen molar-refractivity contribution in [3.05, 3.63) is 65.7 Å². The Hall–Kier alpha value is -2.68. The summed E-state index contributed by atoms with van der Waals surface area (Å²) in [4.78, 5) is 16.9. The van der Waals surface area contributed by atoms with E-state index in [2.05, 4.69) is 33.9 Å². The van der Waals surface area contributed by atoms with E-state index in [9.17, 15) is 13.2 Å². The molecule has 0 bridgehead atoms. The van der Waals surface area contributed by atoms with E-state index in [1.807, 2.05) is 25.1 Å². The van der Waals surface area contributed by atoms with Crippen LogP contribution in [0.1, 0.15) is 18.1 Å². The zero-order valence-corrected chi connectivity index (χ0v) is 19.6. The van der Waals surface area contributed by atoms with E-state index in [0.29, 0.717) is 13.1 Å². The maximum absolute atomic E-state index is 12.9. The summed E-state index contributed by atoms with van der Waals surface area (Å²) >= 11 is 0. The molecule has 1 fully saturated rings. The summed E-state index contributed by atoms with van der Waals surface area (Å²) < 4.78 is 33.4. The smallest absolute Gasteiger partial charge is 0.244 e. The Bertz CT molecular complexity index is 1050. The van der Waals surface area contributed by atoms with Gasteiger partial charge in [0.1, 0.15) is 10.6 Å². The van der Waals surface area contributed by atoms with E-state index in [4.69, 9.17) is 4.74 Å². The molecular formula is C24H31N3O4S. The molecule has 1 amide bonds. The quantitative estimate of drug-likeness (QED) is 0.659. The first kappa shape index (κ1) is 24.0. The van der Waals surface area contributed by atoms with Gasteiger partial charge in [-0.2, -0.15) is 4.72 Å². The number of hydrogen-bond acceptors (Lipinski definition) is 5. The van der Waals surface area contributed by atoms with Crippen LogP contribution in [0.3, 0.4) is 0 Å². The number of carbonyl (C=O) groups is 1. The molecule has 1 saturated heterocycles. The lowest BCUT2D eigenvalue weighted by Gasteiger charge is -2.35. The number of aryl methyl sites for hydroxylation is 1. The minimum atomic E-state index is -3.90. The summed E-state index contributed by atoms with van der Waals surface area (Å²) in [6, 6.07) is 14.2. The average molecular weight is 458 g/mol. The Morgan fingerprint density at radius 3 is 2.47 bits per heavy atom. The van der Waals surface area contributed by atoms with Crippen molar-refractivity contribution in [2.45, 2.75) is 24.8 Å². The van der Waals surface area contributed by atoms with E-state index in [0.717, 1.165) is 30.8 Å². The summed E-state index contributed by atoms with van der Waals surface area (Å²) in [7, 11) is -2.48. The van der Waals surface area contributed by atoms with E-state index in [1.165, 1.54) is 7.11 Å². The number of nitrogens with zero attached hydrogens (tertiary/aromatic N) is 2. The molecular weight excluding hydrogens is 426 g/mol. The third-order valence-electron chi connectivity index (χ3n) is 5.47. The van der Waals surface area contributed by atoms with Crippen LogP contribution in [0.5, 0.6) is 5.75 Å². The molecule has 1 heterocycles. The molecule has 7 nitrogen and oxygen atoms in total. The summed E-state index contributed by atoms with van der Waals surface area (Å²) in [5, 5.41) is 0. The summed E-state index contributed by atoms with van der Waals surface area (Å²) in [6.45, 7) is 6.83. The van der Waals surface area contributed by atoms with Crippen LogP contribution in [0.25, 0.3) is 6.08 Å². The molecule has 172 valence electrons. The fourth-order valence-corrected chi connectivity index (χ4v) is 5.12. The van der Waals surface area contributed by atoms with Crippen molar-refractivity contribution in [2.75, 3.05) is 39.8 Å². The second-order valence-electron chi connectivity index (χ2n) is 7.94. The number of carbonyl (C=O) groups excluding carboxylic acids is 1. The normalized spacial score (nSPS) is 16.3. The molecule has 32 heavy (non-hydrogen) atoms. The number of rotatable bonds is 8. The van der Waals surface area contributed by atoms with Crippen LogP contribution in [0.4, 0.5) is 0 Å². The molecule has 0 aromatic heterocycles. The number of sulfonamides is 1. The van der Waals surface area contributed by atoms with Crippen LogP contribution < -0.4 is 9.46 Å². The van der Waals surface area contributed by atoms with Crippen molar-refractivity contribution in [1.82, 2.24) is 14.5 Å². The zero-order valence-electron chi connectivity index (χ0n) is 18.8. The highest BCUT2D eigenvalue weighted by Crippen LogP contribution is 2.25. The summed E-state index contributed by atoms with van der Waals surface area (Å²) in [5.74, 6) is 0.0274. The third kappa shape index (κ3) is 6.18. The van der Waals surface area contributed by atoms with Crippen LogP contribution >= 0.6 is 0 Å². The fourth-order valence-electron chi connectivity index (χ4n) is 3.67. The number of amides is 1. The second-order valence-corrected chi connectivity index (χ2v) is 9.62. The molecule has 8 heteroatoms. The van der Waals surface area contributed by atoms with Gasteiger partial charge in [-0.25, -0.2) is 8.42 Å². The Labute approximate surface area is 190 Å².